The van der Waals surface area contributed by atoms with E-state index in [2.05, 4.69) is 18.2 Å². The lowest BCUT2D eigenvalue weighted by molar-refractivity contribution is -0.131. The maximum atomic E-state index is 12.3. The van der Waals surface area contributed by atoms with Crippen molar-refractivity contribution in [3.63, 3.8) is 0 Å². The Kier molecular flexibility index (Phi) is 3.11. The van der Waals surface area contributed by atoms with Crippen LogP contribution in [0, 0.1) is 0 Å². The fourth-order valence-corrected chi connectivity index (χ4v) is 2.66. The SMILES string of the molecule is Cn1ccc(CC(=O)N2CCc3ccccc3C2)c1. The van der Waals surface area contributed by atoms with Crippen LogP contribution in [-0.2, 0) is 31.2 Å². The van der Waals surface area contributed by atoms with Crippen LogP contribution in [0.4, 0.5) is 0 Å². The van der Waals surface area contributed by atoms with Gasteiger partial charge in [0.05, 0.1) is 6.42 Å². The summed E-state index contributed by atoms with van der Waals surface area (Å²) in [6, 6.07) is 10.4. The highest BCUT2D eigenvalue weighted by Gasteiger charge is 2.20. The lowest BCUT2D eigenvalue weighted by Gasteiger charge is -2.28. The molecule has 0 radical (unpaired) electrons. The Morgan fingerprint density at radius 1 is 1.21 bits per heavy atom. The van der Waals surface area contributed by atoms with Crippen LogP contribution in [-0.4, -0.2) is 21.9 Å². The first-order valence-electron chi connectivity index (χ1n) is 6.68. The van der Waals surface area contributed by atoms with Crippen molar-refractivity contribution >= 4 is 5.91 Å². The van der Waals surface area contributed by atoms with E-state index in [1.54, 1.807) is 0 Å². The summed E-state index contributed by atoms with van der Waals surface area (Å²) in [7, 11) is 1.98. The Morgan fingerprint density at radius 2 is 2.00 bits per heavy atom. The van der Waals surface area contributed by atoms with Crippen LogP contribution in [0.1, 0.15) is 16.7 Å². The van der Waals surface area contributed by atoms with Gasteiger partial charge >= 0.3 is 0 Å². The van der Waals surface area contributed by atoms with Crippen molar-refractivity contribution in [2.45, 2.75) is 19.4 Å². The zero-order chi connectivity index (χ0) is 13.2. The van der Waals surface area contributed by atoms with Gasteiger partial charge in [0.1, 0.15) is 0 Å². The number of fused-ring (bicyclic) bond motifs is 1. The van der Waals surface area contributed by atoms with E-state index in [0.717, 1.165) is 25.1 Å². The predicted octanol–water partition coefficient (Wildman–Crippen LogP) is 2.15. The zero-order valence-electron chi connectivity index (χ0n) is 11.2. The minimum absolute atomic E-state index is 0.223. The number of carbonyl (C=O) groups is 1. The Balaban J connectivity index is 1.69. The van der Waals surface area contributed by atoms with Crippen molar-refractivity contribution in [2.24, 2.45) is 7.05 Å². The van der Waals surface area contributed by atoms with Gasteiger partial charge in [0.15, 0.2) is 0 Å². The number of nitrogens with zero attached hydrogens (tertiary/aromatic N) is 2. The van der Waals surface area contributed by atoms with Crippen molar-refractivity contribution in [2.75, 3.05) is 6.54 Å². The van der Waals surface area contributed by atoms with Gasteiger partial charge in [0, 0.05) is 32.5 Å². The molecule has 0 bridgehead atoms. The van der Waals surface area contributed by atoms with Gasteiger partial charge in [0.25, 0.3) is 0 Å². The molecular weight excluding hydrogens is 236 g/mol. The topological polar surface area (TPSA) is 25.2 Å². The second-order valence-corrected chi connectivity index (χ2v) is 5.20. The first-order valence-corrected chi connectivity index (χ1v) is 6.68. The number of carbonyl (C=O) groups excluding carboxylic acids is 1. The largest absolute Gasteiger partial charge is 0.357 e. The molecule has 19 heavy (non-hydrogen) atoms. The maximum Gasteiger partial charge on any atom is 0.227 e. The Hall–Kier alpha value is -2.03. The van der Waals surface area contributed by atoms with E-state index in [1.165, 1.54) is 11.1 Å². The lowest BCUT2D eigenvalue weighted by atomic mass is 9.99. The van der Waals surface area contributed by atoms with Crippen molar-refractivity contribution < 1.29 is 4.79 Å². The maximum absolute atomic E-state index is 12.3. The monoisotopic (exact) mass is 254 g/mol. The summed E-state index contributed by atoms with van der Waals surface area (Å²) in [6.45, 7) is 1.59. The van der Waals surface area contributed by atoms with Gasteiger partial charge in [0.2, 0.25) is 5.91 Å². The van der Waals surface area contributed by atoms with Crippen molar-refractivity contribution in [1.29, 1.82) is 0 Å². The highest BCUT2D eigenvalue weighted by Crippen LogP contribution is 2.19. The minimum Gasteiger partial charge on any atom is -0.357 e. The first-order chi connectivity index (χ1) is 9.22. The third-order valence-corrected chi connectivity index (χ3v) is 3.73. The predicted molar refractivity (Wildman–Crippen MR) is 74.7 cm³/mol. The van der Waals surface area contributed by atoms with Crippen LogP contribution in [0.2, 0.25) is 0 Å². The average Bonchev–Trinajstić information content (AvgIpc) is 2.83. The van der Waals surface area contributed by atoms with E-state index in [0.29, 0.717) is 6.42 Å². The molecule has 0 saturated carbocycles. The van der Waals surface area contributed by atoms with Crippen LogP contribution < -0.4 is 0 Å². The molecule has 0 N–H and O–H groups in total. The van der Waals surface area contributed by atoms with Gasteiger partial charge in [-0.25, -0.2) is 0 Å². The highest BCUT2D eigenvalue weighted by molar-refractivity contribution is 5.79. The average molecular weight is 254 g/mol. The summed E-state index contributed by atoms with van der Waals surface area (Å²) in [5, 5.41) is 0. The van der Waals surface area contributed by atoms with Gasteiger partial charge in [-0.15, -0.1) is 0 Å². The summed E-state index contributed by atoms with van der Waals surface area (Å²) in [6.07, 6.45) is 5.46. The number of aryl methyl sites for hydroxylation is 1. The molecule has 0 atom stereocenters. The minimum atomic E-state index is 0.223. The molecule has 1 aliphatic rings. The van der Waals surface area contributed by atoms with E-state index in [1.807, 2.05) is 41.0 Å². The summed E-state index contributed by atoms with van der Waals surface area (Å²) >= 11 is 0. The van der Waals surface area contributed by atoms with Gasteiger partial charge in [-0.05, 0) is 29.2 Å². The molecule has 1 aromatic heterocycles. The third kappa shape index (κ3) is 2.55. The Morgan fingerprint density at radius 3 is 2.74 bits per heavy atom. The normalized spacial score (nSPS) is 14.3. The molecule has 0 saturated heterocycles. The molecule has 2 heterocycles. The lowest BCUT2D eigenvalue weighted by Crippen LogP contribution is -2.36. The van der Waals surface area contributed by atoms with Crippen molar-refractivity contribution in [1.82, 2.24) is 9.47 Å². The van der Waals surface area contributed by atoms with Crippen LogP contribution >= 0.6 is 0 Å². The van der Waals surface area contributed by atoms with Gasteiger partial charge in [-0.1, -0.05) is 24.3 Å². The number of hydrogen-bond donors (Lipinski definition) is 0. The van der Waals surface area contributed by atoms with Gasteiger partial charge in [-0.3, -0.25) is 4.79 Å². The molecule has 1 amide bonds. The number of rotatable bonds is 2. The van der Waals surface area contributed by atoms with E-state index < -0.39 is 0 Å². The fraction of sp³-hybridized carbons (Fsp3) is 0.312. The molecule has 3 nitrogen and oxygen atoms in total. The quantitative estimate of drug-likeness (QED) is 0.806. The standard InChI is InChI=1S/C16H18N2O/c1-17-8-6-13(11-17)10-16(19)18-9-7-14-4-2-3-5-15(14)12-18/h2-6,8,11H,7,9-10,12H2,1H3. The number of benzene rings is 1. The second-order valence-electron chi connectivity index (χ2n) is 5.20. The molecule has 1 aromatic carbocycles. The van der Waals surface area contributed by atoms with Gasteiger partial charge in [-0.2, -0.15) is 0 Å². The third-order valence-electron chi connectivity index (χ3n) is 3.73. The van der Waals surface area contributed by atoms with E-state index >= 15 is 0 Å². The molecule has 0 fully saturated rings. The number of hydrogen-bond acceptors (Lipinski definition) is 1. The van der Waals surface area contributed by atoms with Crippen LogP contribution in [0.15, 0.2) is 42.7 Å². The van der Waals surface area contributed by atoms with E-state index in [4.69, 9.17) is 0 Å². The second kappa shape index (κ2) is 4.92. The van der Waals surface area contributed by atoms with Crippen LogP contribution in [0.5, 0.6) is 0 Å². The van der Waals surface area contributed by atoms with Crippen molar-refractivity contribution in [3.8, 4) is 0 Å². The molecule has 98 valence electrons. The smallest absolute Gasteiger partial charge is 0.227 e. The molecule has 3 heteroatoms. The van der Waals surface area contributed by atoms with E-state index in [9.17, 15) is 4.79 Å². The molecule has 3 rings (SSSR count). The molecule has 2 aromatic rings. The molecule has 0 unspecified atom stereocenters. The zero-order valence-corrected chi connectivity index (χ0v) is 11.2. The Labute approximate surface area is 113 Å². The first kappa shape index (κ1) is 12.0. The summed E-state index contributed by atoms with van der Waals surface area (Å²) in [4.78, 5) is 14.3. The molecule has 0 aliphatic carbocycles. The number of amides is 1. The number of aromatic nitrogens is 1. The Bertz CT molecular complexity index is 600. The van der Waals surface area contributed by atoms with Crippen LogP contribution in [0.25, 0.3) is 0 Å². The molecule has 0 spiro atoms. The molecular formula is C16H18N2O. The fourth-order valence-electron chi connectivity index (χ4n) is 2.66. The van der Waals surface area contributed by atoms with E-state index in [-0.39, 0.29) is 5.91 Å². The molecule has 1 aliphatic heterocycles. The summed E-state index contributed by atoms with van der Waals surface area (Å²) in [5.74, 6) is 0.223. The van der Waals surface area contributed by atoms with Gasteiger partial charge < -0.3 is 9.47 Å². The summed E-state index contributed by atoms with van der Waals surface area (Å²) < 4.78 is 1.98. The highest BCUT2D eigenvalue weighted by atomic mass is 16.2. The van der Waals surface area contributed by atoms with Crippen molar-refractivity contribution in [3.05, 3.63) is 59.4 Å². The van der Waals surface area contributed by atoms with Crippen LogP contribution in [0.3, 0.4) is 0 Å². The summed E-state index contributed by atoms with van der Waals surface area (Å²) in [5.41, 5.74) is 3.76.